The van der Waals surface area contributed by atoms with E-state index in [9.17, 15) is 5.11 Å². The van der Waals surface area contributed by atoms with Gasteiger partial charge in [-0.1, -0.05) is 30.3 Å². The standard InChI is InChI=1S/C13H21NO/c1-11(12-8-6-5-7-9-12)14(4)13(2,3)10-15/h5-9,11,15H,10H2,1-4H3. The van der Waals surface area contributed by atoms with E-state index < -0.39 is 0 Å². The van der Waals surface area contributed by atoms with Gasteiger partial charge in [-0.2, -0.15) is 0 Å². The Hall–Kier alpha value is -0.860. The molecule has 0 fully saturated rings. The van der Waals surface area contributed by atoms with Gasteiger partial charge in [-0.25, -0.2) is 0 Å². The largest absolute Gasteiger partial charge is 0.394 e. The first-order valence-electron chi connectivity index (χ1n) is 5.38. The Morgan fingerprint density at radius 2 is 1.80 bits per heavy atom. The summed E-state index contributed by atoms with van der Waals surface area (Å²) in [6.07, 6.45) is 0. The van der Waals surface area contributed by atoms with Crippen LogP contribution in [-0.4, -0.2) is 29.2 Å². The van der Waals surface area contributed by atoms with E-state index in [1.54, 1.807) is 0 Å². The zero-order valence-electron chi connectivity index (χ0n) is 10.1. The normalized spacial score (nSPS) is 14.3. The second-order valence-corrected chi connectivity index (χ2v) is 4.67. The molecule has 1 N–H and O–H groups in total. The minimum absolute atomic E-state index is 0.167. The van der Waals surface area contributed by atoms with Crippen LogP contribution in [0.3, 0.4) is 0 Å². The van der Waals surface area contributed by atoms with E-state index in [-0.39, 0.29) is 12.1 Å². The Morgan fingerprint density at radius 1 is 1.27 bits per heavy atom. The van der Waals surface area contributed by atoms with Crippen molar-refractivity contribution in [1.29, 1.82) is 0 Å². The van der Waals surface area contributed by atoms with Gasteiger partial charge in [0.15, 0.2) is 0 Å². The maximum atomic E-state index is 9.32. The minimum atomic E-state index is -0.185. The molecule has 1 atom stereocenters. The quantitative estimate of drug-likeness (QED) is 0.819. The van der Waals surface area contributed by atoms with E-state index in [0.717, 1.165) is 0 Å². The number of aliphatic hydroxyl groups is 1. The Kier molecular flexibility index (Phi) is 3.89. The maximum Gasteiger partial charge on any atom is 0.0610 e. The summed E-state index contributed by atoms with van der Waals surface area (Å²) in [5.41, 5.74) is 1.09. The van der Waals surface area contributed by atoms with Crippen molar-refractivity contribution in [3.05, 3.63) is 35.9 Å². The molecule has 0 aliphatic carbocycles. The minimum Gasteiger partial charge on any atom is -0.394 e. The van der Waals surface area contributed by atoms with E-state index in [2.05, 4.69) is 24.0 Å². The number of hydrogen-bond acceptors (Lipinski definition) is 2. The average molecular weight is 207 g/mol. The van der Waals surface area contributed by atoms with Crippen molar-refractivity contribution < 1.29 is 5.11 Å². The monoisotopic (exact) mass is 207 g/mol. The molecule has 2 nitrogen and oxygen atoms in total. The molecule has 0 saturated carbocycles. The molecule has 0 aliphatic heterocycles. The lowest BCUT2D eigenvalue weighted by Crippen LogP contribution is -2.45. The lowest BCUT2D eigenvalue weighted by molar-refractivity contribution is 0.0502. The van der Waals surface area contributed by atoms with E-state index >= 15 is 0 Å². The van der Waals surface area contributed by atoms with E-state index in [1.807, 2.05) is 39.1 Å². The number of likely N-dealkylation sites (N-methyl/N-ethyl adjacent to an activating group) is 1. The van der Waals surface area contributed by atoms with Crippen LogP contribution in [0.5, 0.6) is 0 Å². The van der Waals surface area contributed by atoms with Gasteiger partial charge in [0.1, 0.15) is 0 Å². The SMILES string of the molecule is CC(c1ccccc1)N(C)C(C)(C)CO. The highest BCUT2D eigenvalue weighted by atomic mass is 16.3. The lowest BCUT2D eigenvalue weighted by Gasteiger charge is -2.38. The van der Waals surface area contributed by atoms with E-state index in [0.29, 0.717) is 6.04 Å². The summed E-state index contributed by atoms with van der Waals surface area (Å²) in [4.78, 5) is 2.20. The van der Waals surface area contributed by atoms with Gasteiger partial charge in [-0.3, -0.25) is 4.90 Å². The molecule has 2 heteroatoms. The second kappa shape index (κ2) is 4.77. The first kappa shape index (κ1) is 12.2. The zero-order valence-corrected chi connectivity index (χ0v) is 10.1. The van der Waals surface area contributed by atoms with Gasteiger partial charge in [0.2, 0.25) is 0 Å². The molecule has 0 heterocycles. The molecule has 1 rings (SSSR count). The summed E-state index contributed by atoms with van der Waals surface area (Å²) in [5.74, 6) is 0. The van der Waals surface area contributed by atoms with Crippen molar-refractivity contribution in [3.63, 3.8) is 0 Å². The molecule has 84 valence electrons. The molecule has 0 radical (unpaired) electrons. The molecule has 15 heavy (non-hydrogen) atoms. The Balaban J connectivity index is 2.82. The summed E-state index contributed by atoms with van der Waals surface area (Å²) in [6, 6.07) is 10.7. The first-order valence-corrected chi connectivity index (χ1v) is 5.38. The second-order valence-electron chi connectivity index (χ2n) is 4.67. The predicted molar refractivity (Wildman–Crippen MR) is 63.8 cm³/mol. The van der Waals surface area contributed by atoms with Crippen LogP contribution in [0, 0.1) is 0 Å². The highest BCUT2D eigenvalue weighted by Gasteiger charge is 2.26. The number of aliphatic hydroxyl groups excluding tert-OH is 1. The van der Waals surface area contributed by atoms with Crippen LogP contribution < -0.4 is 0 Å². The third kappa shape index (κ3) is 2.80. The zero-order chi connectivity index (χ0) is 11.5. The summed E-state index contributed by atoms with van der Waals surface area (Å²) in [7, 11) is 2.05. The van der Waals surface area contributed by atoms with Crippen LogP contribution in [0.25, 0.3) is 0 Å². The molecule has 0 spiro atoms. The van der Waals surface area contributed by atoms with Gasteiger partial charge in [-0.05, 0) is 33.4 Å². The molecule has 1 aromatic carbocycles. The highest BCUT2D eigenvalue weighted by Crippen LogP contribution is 2.25. The maximum absolute atomic E-state index is 9.32. The Morgan fingerprint density at radius 3 is 2.27 bits per heavy atom. The van der Waals surface area contributed by atoms with Crippen LogP contribution in [-0.2, 0) is 0 Å². The fourth-order valence-electron chi connectivity index (χ4n) is 1.59. The third-order valence-corrected chi connectivity index (χ3v) is 3.20. The van der Waals surface area contributed by atoms with Crippen molar-refractivity contribution in [2.24, 2.45) is 0 Å². The number of rotatable bonds is 4. The average Bonchev–Trinajstić information content (AvgIpc) is 2.28. The van der Waals surface area contributed by atoms with Gasteiger partial charge >= 0.3 is 0 Å². The topological polar surface area (TPSA) is 23.5 Å². The number of benzene rings is 1. The van der Waals surface area contributed by atoms with Crippen molar-refractivity contribution >= 4 is 0 Å². The fourth-order valence-corrected chi connectivity index (χ4v) is 1.59. The molecule has 1 aromatic rings. The van der Waals surface area contributed by atoms with Gasteiger partial charge in [0.25, 0.3) is 0 Å². The Bertz CT molecular complexity index is 295. The molecular formula is C13H21NO. The smallest absolute Gasteiger partial charge is 0.0610 e. The number of hydrogen-bond donors (Lipinski definition) is 1. The molecule has 0 amide bonds. The fraction of sp³-hybridized carbons (Fsp3) is 0.538. The summed E-state index contributed by atoms with van der Waals surface area (Å²) >= 11 is 0. The molecule has 1 unspecified atom stereocenters. The summed E-state index contributed by atoms with van der Waals surface area (Å²) < 4.78 is 0. The van der Waals surface area contributed by atoms with Crippen LogP contribution in [0.4, 0.5) is 0 Å². The van der Waals surface area contributed by atoms with Gasteiger partial charge in [-0.15, -0.1) is 0 Å². The van der Waals surface area contributed by atoms with Gasteiger partial charge < -0.3 is 5.11 Å². The summed E-state index contributed by atoms with van der Waals surface area (Å²) in [6.45, 7) is 6.42. The highest BCUT2D eigenvalue weighted by molar-refractivity contribution is 5.18. The molecule has 0 bridgehead atoms. The first-order chi connectivity index (χ1) is 6.99. The summed E-state index contributed by atoms with van der Waals surface area (Å²) in [5, 5.41) is 9.32. The predicted octanol–water partition coefficient (Wildman–Crippen LogP) is 2.45. The van der Waals surface area contributed by atoms with Crippen molar-refractivity contribution in [3.8, 4) is 0 Å². The van der Waals surface area contributed by atoms with Crippen molar-refractivity contribution in [2.45, 2.75) is 32.4 Å². The van der Waals surface area contributed by atoms with Gasteiger partial charge in [0, 0.05) is 11.6 Å². The molecule has 0 saturated heterocycles. The van der Waals surface area contributed by atoms with Gasteiger partial charge in [0.05, 0.1) is 6.61 Å². The van der Waals surface area contributed by atoms with Crippen LogP contribution >= 0.6 is 0 Å². The van der Waals surface area contributed by atoms with E-state index in [1.165, 1.54) is 5.56 Å². The van der Waals surface area contributed by atoms with E-state index in [4.69, 9.17) is 0 Å². The third-order valence-electron chi connectivity index (χ3n) is 3.20. The Labute approximate surface area is 92.5 Å². The lowest BCUT2D eigenvalue weighted by atomic mass is 9.99. The van der Waals surface area contributed by atoms with Crippen LogP contribution in [0.2, 0.25) is 0 Å². The van der Waals surface area contributed by atoms with Crippen molar-refractivity contribution in [2.75, 3.05) is 13.7 Å². The number of nitrogens with zero attached hydrogens (tertiary/aromatic N) is 1. The molecule has 0 aromatic heterocycles. The van der Waals surface area contributed by atoms with Crippen LogP contribution in [0.1, 0.15) is 32.4 Å². The van der Waals surface area contributed by atoms with Crippen molar-refractivity contribution in [1.82, 2.24) is 4.90 Å². The molecule has 0 aliphatic rings. The van der Waals surface area contributed by atoms with Crippen LogP contribution in [0.15, 0.2) is 30.3 Å². The molecular weight excluding hydrogens is 186 g/mol.